The van der Waals surface area contributed by atoms with E-state index in [0.29, 0.717) is 4.47 Å². The van der Waals surface area contributed by atoms with Crippen LogP contribution in [0.25, 0.3) is 0 Å². The molecule has 0 unspecified atom stereocenters. The van der Waals surface area contributed by atoms with E-state index in [2.05, 4.69) is 15.9 Å². The molecule has 0 aliphatic carbocycles. The Labute approximate surface area is 159 Å². The fourth-order valence-corrected chi connectivity index (χ4v) is 5.92. The van der Waals surface area contributed by atoms with Gasteiger partial charge >= 0.3 is 0 Å². The molecule has 136 valence electrons. The van der Waals surface area contributed by atoms with Crippen LogP contribution in [0.4, 0.5) is 10.1 Å². The Hall–Kier alpha value is -1.26. The number of hydrogen-bond acceptors (Lipinski definition) is 4. The van der Waals surface area contributed by atoms with Crippen LogP contribution in [0.15, 0.2) is 22.7 Å². The van der Waals surface area contributed by atoms with Crippen LogP contribution in [-0.2, 0) is 14.6 Å². The van der Waals surface area contributed by atoms with Gasteiger partial charge in [-0.1, -0.05) is 15.9 Å². The minimum absolute atomic E-state index is 0.0306. The molecule has 1 aromatic rings. The molecule has 0 aromatic heterocycles. The van der Waals surface area contributed by atoms with Crippen molar-refractivity contribution >= 4 is 54.7 Å². The maximum absolute atomic E-state index is 14.5. The van der Waals surface area contributed by atoms with Gasteiger partial charge in [0.25, 0.3) is 0 Å². The van der Waals surface area contributed by atoms with E-state index < -0.39 is 27.7 Å². The maximum atomic E-state index is 14.5. The van der Waals surface area contributed by atoms with Crippen molar-refractivity contribution in [3.8, 4) is 0 Å². The van der Waals surface area contributed by atoms with Crippen LogP contribution < -0.4 is 4.90 Å². The van der Waals surface area contributed by atoms with Crippen molar-refractivity contribution < 1.29 is 17.6 Å². The Balaban J connectivity index is 2.01. The molecule has 25 heavy (non-hydrogen) atoms. The second-order valence-corrected chi connectivity index (χ2v) is 9.81. The molecule has 6 nitrogen and oxygen atoms in total. The molecule has 2 fully saturated rings. The number of nitrogens with zero attached hydrogens (tertiary/aromatic N) is 3. The third-order valence-electron chi connectivity index (χ3n) is 4.45. The largest absolute Gasteiger partial charge is 0.347 e. The second-order valence-electron chi connectivity index (χ2n) is 6.38. The summed E-state index contributed by atoms with van der Waals surface area (Å²) in [7, 11) is -0.0364. The first-order valence-corrected chi connectivity index (χ1v) is 10.6. The van der Waals surface area contributed by atoms with Crippen molar-refractivity contribution in [1.82, 2.24) is 9.80 Å². The van der Waals surface area contributed by atoms with Gasteiger partial charge in [-0.05, 0) is 30.4 Å². The third kappa shape index (κ3) is 3.39. The van der Waals surface area contributed by atoms with Gasteiger partial charge in [-0.15, -0.1) is 0 Å². The number of anilines is 1. The van der Waals surface area contributed by atoms with E-state index in [-0.39, 0.29) is 34.8 Å². The molecular formula is C15H17BrFN3O3S2. The van der Waals surface area contributed by atoms with E-state index in [9.17, 15) is 17.6 Å². The van der Waals surface area contributed by atoms with Crippen LogP contribution in [0.3, 0.4) is 0 Å². The van der Waals surface area contributed by atoms with Crippen LogP contribution in [0.5, 0.6) is 0 Å². The molecule has 0 saturated carbocycles. The zero-order chi connectivity index (χ0) is 18.5. The number of rotatable bonds is 3. The lowest BCUT2D eigenvalue weighted by Gasteiger charge is -2.26. The molecule has 1 aromatic carbocycles. The van der Waals surface area contributed by atoms with Gasteiger partial charge in [0, 0.05) is 18.6 Å². The summed E-state index contributed by atoms with van der Waals surface area (Å²) in [4.78, 5) is 16.7. The highest BCUT2D eigenvalue weighted by atomic mass is 79.9. The standard InChI is InChI=1S/C15H17BrFN3O3S2/c1-18(2)14(21)6-19-12-7-25(22,23)8-13(12)20(15(19)24)11-4-3-9(16)5-10(11)17/h3-5,12-13H,6-8H2,1-2H3/t12-,13+/m1/s1. The minimum atomic E-state index is -3.28. The molecule has 0 radical (unpaired) electrons. The zero-order valence-electron chi connectivity index (χ0n) is 13.6. The number of sulfone groups is 1. The molecule has 0 bridgehead atoms. The van der Waals surface area contributed by atoms with Crippen molar-refractivity contribution in [2.24, 2.45) is 0 Å². The zero-order valence-corrected chi connectivity index (χ0v) is 16.9. The fourth-order valence-electron chi connectivity index (χ4n) is 3.21. The highest BCUT2D eigenvalue weighted by molar-refractivity contribution is 9.10. The molecule has 10 heteroatoms. The molecule has 1 amide bonds. The number of thiocarbonyl (C=S) groups is 1. The van der Waals surface area contributed by atoms with E-state index in [1.807, 2.05) is 0 Å². The van der Waals surface area contributed by atoms with Crippen LogP contribution in [-0.4, -0.2) is 73.5 Å². The molecule has 2 saturated heterocycles. The number of likely N-dealkylation sites (N-methyl/N-ethyl adjacent to an activating group) is 1. The van der Waals surface area contributed by atoms with Gasteiger partial charge in [-0.25, -0.2) is 12.8 Å². The van der Waals surface area contributed by atoms with Crippen molar-refractivity contribution in [2.75, 3.05) is 37.0 Å². The van der Waals surface area contributed by atoms with E-state index in [1.165, 1.54) is 15.9 Å². The number of carbonyl (C=O) groups excluding carboxylic acids is 1. The summed E-state index contributed by atoms with van der Waals surface area (Å²) in [6, 6.07) is 3.59. The predicted octanol–water partition coefficient (Wildman–Crippen LogP) is 1.25. The highest BCUT2D eigenvalue weighted by Gasteiger charge is 2.52. The first-order chi connectivity index (χ1) is 11.6. The number of amides is 1. The van der Waals surface area contributed by atoms with Gasteiger partial charge < -0.3 is 14.7 Å². The third-order valence-corrected chi connectivity index (χ3v) is 7.07. The molecule has 2 heterocycles. The summed E-state index contributed by atoms with van der Waals surface area (Å²) in [5, 5.41) is 0.279. The molecule has 2 aliphatic rings. The van der Waals surface area contributed by atoms with Crippen molar-refractivity contribution in [1.29, 1.82) is 0 Å². The van der Waals surface area contributed by atoms with Crippen molar-refractivity contribution in [3.05, 3.63) is 28.5 Å². The van der Waals surface area contributed by atoms with Gasteiger partial charge in [0.1, 0.15) is 5.82 Å². The van der Waals surface area contributed by atoms with Crippen LogP contribution >= 0.6 is 28.1 Å². The number of carbonyl (C=O) groups is 1. The lowest BCUT2D eigenvalue weighted by Crippen LogP contribution is -2.44. The highest BCUT2D eigenvalue weighted by Crippen LogP contribution is 2.36. The summed E-state index contributed by atoms with van der Waals surface area (Å²) in [5.74, 6) is -0.892. The van der Waals surface area contributed by atoms with Gasteiger partial charge in [0.2, 0.25) is 5.91 Å². The predicted molar refractivity (Wildman–Crippen MR) is 101 cm³/mol. The summed E-state index contributed by atoms with van der Waals surface area (Å²) in [5.41, 5.74) is 0.222. The van der Waals surface area contributed by atoms with Gasteiger partial charge in [0.05, 0.1) is 35.8 Å². The average Bonchev–Trinajstić information content (AvgIpc) is 2.92. The lowest BCUT2D eigenvalue weighted by molar-refractivity contribution is -0.129. The Morgan fingerprint density at radius 3 is 2.60 bits per heavy atom. The topological polar surface area (TPSA) is 60.9 Å². The summed E-state index contributed by atoms with van der Waals surface area (Å²) in [6.07, 6.45) is 0. The molecule has 2 aliphatic heterocycles. The fraction of sp³-hybridized carbons (Fsp3) is 0.467. The average molecular weight is 450 g/mol. The quantitative estimate of drug-likeness (QED) is 0.647. The van der Waals surface area contributed by atoms with E-state index in [0.717, 1.165) is 0 Å². The number of fused-ring (bicyclic) bond motifs is 1. The van der Waals surface area contributed by atoms with Gasteiger partial charge in [-0.2, -0.15) is 0 Å². The Kier molecular flexibility index (Phi) is 4.80. The SMILES string of the molecule is CN(C)C(=O)CN1C(=S)N(c2ccc(Br)cc2F)[C@H]2CS(=O)(=O)C[C@H]21. The maximum Gasteiger partial charge on any atom is 0.241 e. The van der Waals surface area contributed by atoms with E-state index >= 15 is 0 Å². The Bertz CT molecular complexity index is 846. The van der Waals surface area contributed by atoms with Crippen molar-refractivity contribution in [3.63, 3.8) is 0 Å². The van der Waals surface area contributed by atoms with Gasteiger partial charge in [0.15, 0.2) is 14.9 Å². The van der Waals surface area contributed by atoms with Gasteiger partial charge in [-0.3, -0.25) is 4.79 Å². The lowest BCUT2D eigenvalue weighted by atomic mass is 10.1. The first-order valence-electron chi connectivity index (χ1n) is 7.56. The van der Waals surface area contributed by atoms with E-state index in [1.54, 1.807) is 31.1 Å². The van der Waals surface area contributed by atoms with Crippen LogP contribution in [0, 0.1) is 5.82 Å². The molecule has 0 spiro atoms. The second kappa shape index (κ2) is 6.48. The normalized spacial score (nSPS) is 24.6. The number of benzene rings is 1. The number of hydrogen-bond donors (Lipinski definition) is 0. The summed E-state index contributed by atoms with van der Waals surface area (Å²) < 4.78 is 39.3. The molecule has 3 rings (SSSR count). The summed E-state index contributed by atoms with van der Waals surface area (Å²) >= 11 is 8.69. The monoisotopic (exact) mass is 449 g/mol. The first kappa shape index (κ1) is 18.5. The van der Waals surface area contributed by atoms with Crippen LogP contribution in [0.1, 0.15) is 0 Å². The molecule has 2 atom stereocenters. The van der Waals surface area contributed by atoms with E-state index in [4.69, 9.17) is 12.2 Å². The Morgan fingerprint density at radius 2 is 2.00 bits per heavy atom. The van der Waals surface area contributed by atoms with Crippen molar-refractivity contribution in [2.45, 2.75) is 12.1 Å². The summed E-state index contributed by atoms with van der Waals surface area (Å²) in [6.45, 7) is -0.0306. The van der Waals surface area contributed by atoms with Crippen LogP contribution in [0.2, 0.25) is 0 Å². The number of halogens is 2. The molecular weight excluding hydrogens is 433 g/mol. The molecule has 0 N–H and O–H groups in total. The smallest absolute Gasteiger partial charge is 0.241 e. The minimum Gasteiger partial charge on any atom is -0.347 e. The Morgan fingerprint density at radius 1 is 1.36 bits per heavy atom.